The van der Waals surface area contributed by atoms with Crippen LogP contribution in [0.2, 0.25) is 0 Å². The van der Waals surface area contributed by atoms with Crippen LogP contribution in [0.25, 0.3) is 0 Å². The maximum Gasteiger partial charge on any atom is 0.225 e. The lowest BCUT2D eigenvalue weighted by molar-refractivity contribution is 0.604. The molecule has 5 nitrogen and oxygen atoms in total. The molecule has 5 heteroatoms. The summed E-state index contributed by atoms with van der Waals surface area (Å²) in [6.07, 6.45) is 10.8. The summed E-state index contributed by atoms with van der Waals surface area (Å²) in [7, 11) is 2.18. The molecular formula is C16H21N5. The zero-order valence-corrected chi connectivity index (χ0v) is 12.5. The van der Waals surface area contributed by atoms with E-state index in [2.05, 4.69) is 26.5 Å². The predicted molar refractivity (Wildman–Crippen MR) is 81.2 cm³/mol. The van der Waals surface area contributed by atoms with E-state index in [0.29, 0.717) is 6.04 Å². The van der Waals surface area contributed by atoms with E-state index < -0.39 is 0 Å². The highest BCUT2D eigenvalue weighted by Gasteiger charge is 2.32. The van der Waals surface area contributed by atoms with E-state index in [-0.39, 0.29) is 0 Å². The Morgan fingerprint density at radius 1 is 1.10 bits per heavy atom. The molecule has 0 unspecified atom stereocenters. The van der Waals surface area contributed by atoms with Gasteiger partial charge >= 0.3 is 0 Å². The summed E-state index contributed by atoms with van der Waals surface area (Å²) in [6.45, 7) is 1.02. The molecule has 0 bridgehead atoms. The highest BCUT2D eigenvalue weighted by molar-refractivity contribution is 5.36. The molecule has 1 aliphatic carbocycles. The van der Waals surface area contributed by atoms with Crippen LogP contribution in [0.4, 0.5) is 5.95 Å². The summed E-state index contributed by atoms with van der Waals surface area (Å²) in [5.41, 5.74) is 2.76. The molecule has 21 heavy (non-hydrogen) atoms. The molecular weight excluding hydrogens is 262 g/mol. The number of fused-ring (bicyclic) bond motifs is 1. The van der Waals surface area contributed by atoms with Crippen molar-refractivity contribution in [3.8, 4) is 0 Å². The highest BCUT2D eigenvalue weighted by Crippen LogP contribution is 2.35. The molecule has 2 aromatic rings. The van der Waals surface area contributed by atoms with Crippen LogP contribution in [0, 0.1) is 0 Å². The fourth-order valence-electron chi connectivity index (χ4n) is 3.72. The second-order valence-corrected chi connectivity index (χ2v) is 6.03. The minimum absolute atomic E-state index is 0.322. The largest absolute Gasteiger partial charge is 0.333 e. The van der Waals surface area contributed by atoms with E-state index in [1.165, 1.54) is 42.9 Å². The maximum atomic E-state index is 4.97. The lowest BCUT2D eigenvalue weighted by atomic mass is 10.0. The van der Waals surface area contributed by atoms with Crippen LogP contribution < -0.4 is 4.90 Å². The van der Waals surface area contributed by atoms with Crippen LogP contribution in [-0.4, -0.2) is 26.1 Å². The number of nitrogens with zero attached hydrogens (tertiary/aromatic N) is 5. The third kappa shape index (κ3) is 2.11. The predicted octanol–water partition coefficient (Wildman–Crippen LogP) is 2.43. The van der Waals surface area contributed by atoms with Crippen molar-refractivity contribution in [1.82, 2.24) is 19.5 Å². The van der Waals surface area contributed by atoms with Gasteiger partial charge in [0.1, 0.15) is 5.82 Å². The standard InChI is InChI=1S/C16H21N5/c1-20-13-7-3-2-6-12(13)19-15(20)14-8-4-11-21(14)16-17-9-5-10-18-16/h5,9-10,14H,2-4,6-8,11H2,1H3/t14-/m1/s1. The first kappa shape index (κ1) is 12.8. The maximum absolute atomic E-state index is 4.97. The number of imidazole rings is 1. The normalized spacial score (nSPS) is 21.6. The summed E-state index contributed by atoms with van der Waals surface area (Å²) in [5, 5.41) is 0. The molecule has 0 saturated carbocycles. The average molecular weight is 283 g/mol. The van der Waals surface area contributed by atoms with E-state index in [1.807, 2.05) is 18.5 Å². The molecule has 0 N–H and O–H groups in total. The molecule has 3 heterocycles. The van der Waals surface area contributed by atoms with E-state index in [9.17, 15) is 0 Å². The Kier molecular flexibility index (Phi) is 3.13. The van der Waals surface area contributed by atoms with Crippen LogP contribution in [0.5, 0.6) is 0 Å². The van der Waals surface area contributed by atoms with Crippen molar-refractivity contribution in [3.05, 3.63) is 35.7 Å². The van der Waals surface area contributed by atoms with Gasteiger partial charge in [-0.05, 0) is 44.6 Å². The van der Waals surface area contributed by atoms with Gasteiger partial charge in [-0.15, -0.1) is 0 Å². The van der Waals surface area contributed by atoms with Crippen molar-refractivity contribution in [2.75, 3.05) is 11.4 Å². The van der Waals surface area contributed by atoms with Gasteiger partial charge in [-0.25, -0.2) is 15.0 Å². The molecule has 0 radical (unpaired) electrons. The number of anilines is 1. The lowest BCUT2D eigenvalue weighted by Crippen LogP contribution is -2.26. The Bertz CT molecular complexity index is 634. The van der Waals surface area contributed by atoms with Crippen molar-refractivity contribution < 1.29 is 0 Å². The Hall–Kier alpha value is -1.91. The molecule has 1 saturated heterocycles. The second-order valence-electron chi connectivity index (χ2n) is 6.03. The van der Waals surface area contributed by atoms with Crippen molar-refractivity contribution in [3.63, 3.8) is 0 Å². The van der Waals surface area contributed by atoms with E-state index in [0.717, 1.165) is 25.3 Å². The van der Waals surface area contributed by atoms with Gasteiger partial charge in [0.2, 0.25) is 5.95 Å². The Morgan fingerprint density at radius 2 is 1.90 bits per heavy atom. The third-order valence-corrected chi connectivity index (χ3v) is 4.77. The van der Waals surface area contributed by atoms with Crippen molar-refractivity contribution in [2.45, 2.75) is 44.6 Å². The van der Waals surface area contributed by atoms with Gasteiger partial charge in [0.05, 0.1) is 11.7 Å². The zero-order chi connectivity index (χ0) is 14.2. The van der Waals surface area contributed by atoms with Crippen LogP contribution >= 0.6 is 0 Å². The zero-order valence-electron chi connectivity index (χ0n) is 12.5. The summed E-state index contributed by atoms with van der Waals surface area (Å²) in [6, 6.07) is 2.19. The van der Waals surface area contributed by atoms with Gasteiger partial charge < -0.3 is 9.47 Å². The van der Waals surface area contributed by atoms with Gasteiger partial charge in [-0.3, -0.25) is 0 Å². The fraction of sp³-hybridized carbons (Fsp3) is 0.562. The molecule has 0 amide bonds. The second kappa shape index (κ2) is 5.13. The fourth-order valence-corrected chi connectivity index (χ4v) is 3.72. The van der Waals surface area contributed by atoms with Crippen molar-refractivity contribution in [2.24, 2.45) is 7.05 Å². The molecule has 0 spiro atoms. The van der Waals surface area contributed by atoms with E-state index in [4.69, 9.17) is 4.98 Å². The van der Waals surface area contributed by atoms with Crippen LogP contribution in [-0.2, 0) is 19.9 Å². The van der Waals surface area contributed by atoms with Crippen molar-refractivity contribution >= 4 is 5.95 Å². The Morgan fingerprint density at radius 3 is 2.71 bits per heavy atom. The van der Waals surface area contributed by atoms with E-state index >= 15 is 0 Å². The molecule has 2 aliphatic rings. The van der Waals surface area contributed by atoms with Gasteiger partial charge in [0.15, 0.2) is 0 Å². The summed E-state index contributed by atoms with van der Waals surface area (Å²) in [4.78, 5) is 16.1. The third-order valence-electron chi connectivity index (χ3n) is 4.77. The van der Waals surface area contributed by atoms with Crippen LogP contribution in [0.3, 0.4) is 0 Å². The van der Waals surface area contributed by atoms with E-state index in [1.54, 1.807) is 0 Å². The molecule has 110 valence electrons. The Balaban J connectivity index is 1.71. The molecule has 1 atom stereocenters. The quantitative estimate of drug-likeness (QED) is 0.849. The van der Waals surface area contributed by atoms with Gasteiger partial charge in [0, 0.05) is 31.7 Å². The summed E-state index contributed by atoms with van der Waals surface area (Å²) in [5.74, 6) is 2.04. The van der Waals surface area contributed by atoms with Crippen LogP contribution in [0.1, 0.15) is 48.9 Å². The minimum atomic E-state index is 0.322. The molecule has 1 fully saturated rings. The number of aryl methyl sites for hydroxylation is 1. The molecule has 0 aromatic carbocycles. The van der Waals surface area contributed by atoms with Crippen molar-refractivity contribution in [1.29, 1.82) is 0 Å². The minimum Gasteiger partial charge on any atom is -0.333 e. The average Bonchev–Trinajstić information content (AvgIpc) is 3.13. The molecule has 4 rings (SSSR count). The molecule has 1 aliphatic heterocycles. The highest BCUT2D eigenvalue weighted by atomic mass is 15.3. The van der Waals surface area contributed by atoms with Crippen LogP contribution in [0.15, 0.2) is 18.5 Å². The number of aromatic nitrogens is 4. The molecule has 2 aromatic heterocycles. The van der Waals surface area contributed by atoms with Gasteiger partial charge in [-0.2, -0.15) is 0 Å². The van der Waals surface area contributed by atoms with Gasteiger partial charge in [0.25, 0.3) is 0 Å². The topological polar surface area (TPSA) is 46.8 Å². The Labute approximate surface area is 125 Å². The smallest absolute Gasteiger partial charge is 0.225 e. The first-order chi connectivity index (χ1) is 10.3. The number of rotatable bonds is 2. The van der Waals surface area contributed by atoms with Gasteiger partial charge in [-0.1, -0.05) is 0 Å². The monoisotopic (exact) mass is 283 g/mol. The number of hydrogen-bond donors (Lipinski definition) is 0. The number of hydrogen-bond acceptors (Lipinski definition) is 4. The SMILES string of the molecule is Cn1c([C@H]2CCCN2c2ncccn2)nc2c1CCCC2. The lowest BCUT2D eigenvalue weighted by Gasteiger charge is -2.24. The first-order valence-corrected chi connectivity index (χ1v) is 7.92. The first-order valence-electron chi connectivity index (χ1n) is 7.92. The summed E-state index contributed by atoms with van der Waals surface area (Å²) >= 11 is 0. The summed E-state index contributed by atoms with van der Waals surface area (Å²) < 4.78 is 2.33.